The van der Waals surface area contributed by atoms with Crippen LogP contribution >= 0.6 is 0 Å². The largest absolute Gasteiger partial charge is 0.359 e. The van der Waals surface area contributed by atoms with Gasteiger partial charge in [0.2, 0.25) is 0 Å². The fourth-order valence-electron chi connectivity index (χ4n) is 3.95. The minimum atomic E-state index is 0.234. The number of pyridine rings is 1. The maximum atomic E-state index is 5.97. The number of rotatable bonds is 0. The van der Waals surface area contributed by atoms with Gasteiger partial charge in [-0.2, -0.15) is 0 Å². The second kappa shape index (κ2) is 3.23. The Morgan fingerprint density at radius 3 is 2.71 bits per heavy atom. The molecule has 4 aromatic rings. The van der Waals surface area contributed by atoms with Crippen molar-refractivity contribution >= 4 is 32.4 Å². The van der Waals surface area contributed by atoms with Gasteiger partial charge in [0.05, 0.1) is 5.52 Å². The van der Waals surface area contributed by atoms with Gasteiger partial charge in [-0.15, -0.1) is 0 Å². The fraction of sp³-hybridized carbons (Fsp3) is 0.105. The molecule has 1 aromatic heterocycles. The van der Waals surface area contributed by atoms with Gasteiger partial charge in [0.1, 0.15) is 12.2 Å². The smallest absolute Gasteiger partial charge is 0.114 e. The van der Waals surface area contributed by atoms with E-state index in [-0.39, 0.29) is 12.2 Å². The van der Waals surface area contributed by atoms with E-state index in [1.54, 1.807) is 0 Å². The normalized spacial score (nSPS) is 22.1. The molecule has 3 aromatic carbocycles. The van der Waals surface area contributed by atoms with Crippen LogP contribution < -0.4 is 0 Å². The zero-order valence-electron chi connectivity index (χ0n) is 11.2. The van der Waals surface area contributed by atoms with E-state index in [1.807, 2.05) is 12.3 Å². The molecule has 2 heterocycles. The molecule has 0 N–H and O–H groups in total. The number of nitrogens with zero attached hydrogens (tertiary/aromatic N) is 1. The summed E-state index contributed by atoms with van der Waals surface area (Å²) in [6.45, 7) is 0. The van der Waals surface area contributed by atoms with Crippen molar-refractivity contribution in [1.82, 2.24) is 4.98 Å². The van der Waals surface area contributed by atoms with E-state index >= 15 is 0 Å². The topological polar surface area (TPSA) is 25.4 Å². The maximum Gasteiger partial charge on any atom is 0.114 e. The molecule has 21 heavy (non-hydrogen) atoms. The van der Waals surface area contributed by atoms with Crippen LogP contribution in [0.15, 0.2) is 54.7 Å². The Morgan fingerprint density at radius 1 is 0.810 bits per heavy atom. The average Bonchev–Trinajstić information content (AvgIpc) is 3.34. The van der Waals surface area contributed by atoms with Crippen LogP contribution in [0.25, 0.3) is 32.4 Å². The van der Waals surface area contributed by atoms with Crippen LogP contribution in [-0.2, 0) is 4.74 Å². The van der Waals surface area contributed by atoms with Gasteiger partial charge in [0.25, 0.3) is 0 Å². The highest BCUT2D eigenvalue weighted by Crippen LogP contribution is 2.59. The number of hydrogen-bond donors (Lipinski definition) is 0. The van der Waals surface area contributed by atoms with Crippen molar-refractivity contribution in [3.63, 3.8) is 0 Å². The maximum absolute atomic E-state index is 5.97. The highest BCUT2D eigenvalue weighted by atomic mass is 16.6. The van der Waals surface area contributed by atoms with Gasteiger partial charge < -0.3 is 4.74 Å². The van der Waals surface area contributed by atoms with E-state index in [2.05, 4.69) is 47.4 Å². The van der Waals surface area contributed by atoms with E-state index in [0.717, 1.165) is 5.52 Å². The van der Waals surface area contributed by atoms with Crippen molar-refractivity contribution in [3.05, 3.63) is 65.9 Å². The number of hydrogen-bond acceptors (Lipinski definition) is 2. The van der Waals surface area contributed by atoms with Crippen LogP contribution in [0.2, 0.25) is 0 Å². The molecular formula is C19H11NO. The molecule has 2 nitrogen and oxygen atoms in total. The molecule has 1 aliphatic carbocycles. The summed E-state index contributed by atoms with van der Waals surface area (Å²) in [5, 5.41) is 6.44. The molecule has 98 valence electrons. The number of ether oxygens (including phenoxy) is 1. The third-order valence-corrected chi connectivity index (χ3v) is 4.88. The van der Waals surface area contributed by atoms with Crippen molar-refractivity contribution < 1.29 is 4.74 Å². The Labute approximate surface area is 121 Å². The van der Waals surface area contributed by atoms with Crippen LogP contribution in [-0.4, -0.2) is 4.98 Å². The van der Waals surface area contributed by atoms with Crippen molar-refractivity contribution in [2.24, 2.45) is 0 Å². The zero-order chi connectivity index (χ0) is 13.6. The Morgan fingerprint density at radius 2 is 1.71 bits per heavy atom. The Kier molecular flexibility index (Phi) is 1.59. The third kappa shape index (κ3) is 1.12. The van der Waals surface area contributed by atoms with Gasteiger partial charge in [-0.25, -0.2) is 0 Å². The molecule has 6 rings (SSSR count). The number of benzene rings is 3. The van der Waals surface area contributed by atoms with Crippen molar-refractivity contribution in [1.29, 1.82) is 0 Å². The first-order chi connectivity index (χ1) is 10.4. The highest BCUT2D eigenvalue weighted by molar-refractivity contribution is 6.19. The lowest BCUT2D eigenvalue weighted by molar-refractivity contribution is 0.380. The SMILES string of the molecule is c1cnc2c(c1)cc1c3c2ccc2cccc(c23)C2OC12. The van der Waals surface area contributed by atoms with E-state index < -0.39 is 0 Å². The van der Waals surface area contributed by atoms with Crippen molar-refractivity contribution in [2.75, 3.05) is 0 Å². The van der Waals surface area contributed by atoms with Crippen LogP contribution in [0.3, 0.4) is 0 Å². The summed E-state index contributed by atoms with van der Waals surface area (Å²) in [4.78, 5) is 4.61. The van der Waals surface area contributed by atoms with E-state index in [0.29, 0.717) is 0 Å². The third-order valence-electron chi connectivity index (χ3n) is 4.88. The lowest BCUT2D eigenvalue weighted by atomic mass is 9.85. The minimum absolute atomic E-state index is 0.234. The molecule has 0 saturated carbocycles. The number of aromatic nitrogens is 1. The summed E-state index contributed by atoms with van der Waals surface area (Å²) >= 11 is 0. The summed E-state index contributed by atoms with van der Waals surface area (Å²) in [7, 11) is 0. The molecule has 2 aliphatic rings. The number of epoxide rings is 1. The molecule has 2 heteroatoms. The molecule has 2 unspecified atom stereocenters. The molecule has 1 saturated heterocycles. The molecule has 1 aliphatic heterocycles. The lowest BCUT2D eigenvalue weighted by Gasteiger charge is -2.16. The first-order valence-corrected chi connectivity index (χ1v) is 7.30. The molecule has 0 spiro atoms. The summed E-state index contributed by atoms with van der Waals surface area (Å²) in [6, 6.07) is 17.4. The van der Waals surface area contributed by atoms with Crippen LogP contribution in [0.5, 0.6) is 0 Å². The molecule has 0 bridgehead atoms. The average molecular weight is 269 g/mol. The Bertz CT molecular complexity index is 1080. The second-order valence-electron chi connectivity index (χ2n) is 5.95. The quantitative estimate of drug-likeness (QED) is 0.342. The summed E-state index contributed by atoms with van der Waals surface area (Å²) in [5.74, 6) is 0. The van der Waals surface area contributed by atoms with E-state index in [9.17, 15) is 0 Å². The minimum Gasteiger partial charge on any atom is -0.359 e. The second-order valence-corrected chi connectivity index (χ2v) is 5.95. The van der Waals surface area contributed by atoms with Gasteiger partial charge in [-0.3, -0.25) is 4.98 Å². The lowest BCUT2D eigenvalue weighted by Crippen LogP contribution is -1.97. The van der Waals surface area contributed by atoms with Crippen LogP contribution in [0.4, 0.5) is 0 Å². The Balaban J connectivity index is 2.00. The highest BCUT2D eigenvalue weighted by Gasteiger charge is 2.46. The molecular weight excluding hydrogens is 258 g/mol. The fourth-order valence-corrected chi connectivity index (χ4v) is 3.95. The van der Waals surface area contributed by atoms with Gasteiger partial charge >= 0.3 is 0 Å². The Hall–Kier alpha value is -2.45. The molecule has 2 atom stereocenters. The van der Waals surface area contributed by atoms with Gasteiger partial charge in [0, 0.05) is 17.0 Å². The van der Waals surface area contributed by atoms with Gasteiger partial charge in [-0.05, 0) is 39.4 Å². The predicted octanol–water partition coefficient (Wildman–Crippen LogP) is 4.67. The van der Waals surface area contributed by atoms with Gasteiger partial charge in [-0.1, -0.05) is 36.4 Å². The molecule has 0 radical (unpaired) electrons. The summed E-state index contributed by atoms with van der Waals surface area (Å²) < 4.78 is 5.97. The van der Waals surface area contributed by atoms with Crippen LogP contribution in [0, 0.1) is 0 Å². The number of fused-ring (bicyclic) bond motifs is 5. The monoisotopic (exact) mass is 269 g/mol. The molecule has 1 fully saturated rings. The summed E-state index contributed by atoms with van der Waals surface area (Å²) in [6.07, 6.45) is 2.36. The zero-order valence-corrected chi connectivity index (χ0v) is 11.2. The standard InChI is InChI=1S/C19H11NO/c1-3-10-6-7-12-16-14(9-11-4-2-8-20-17(11)12)19-18(21-19)13(5-1)15(10)16/h1-9,18-19H. The van der Waals surface area contributed by atoms with Gasteiger partial charge in [0.15, 0.2) is 0 Å². The summed E-state index contributed by atoms with van der Waals surface area (Å²) in [5.41, 5.74) is 3.76. The molecule has 0 amide bonds. The van der Waals surface area contributed by atoms with E-state index in [4.69, 9.17) is 4.74 Å². The first-order valence-electron chi connectivity index (χ1n) is 7.30. The van der Waals surface area contributed by atoms with Crippen LogP contribution in [0.1, 0.15) is 23.3 Å². The first kappa shape index (κ1) is 10.3. The van der Waals surface area contributed by atoms with Crippen molar-refractivity contribution in [3.8, 4) is 0 Å². The predicted molar refractivity (Wildman–Crippen MR) is 83.3 cm³/mol. The van der Waals surface area contributed by atoms with E-state index in [1.165, 1.54) is 38.1 Å². The van der Waals surface area contributed by atoms with Crippen molar-refractivity contribution in [2.45, 2.75) is 12.2 Å².